The lowest BCUT2D eigenvalue weighted by atomic mass is 9.91. The minimum Gasteiger partial charge on any atom is -0.493 e. The van der Waals surface area contributed by atoms with E-state index in [-0.39, 0.29) is 5.92 Å². The molecule has 0 radical (unpaired) electrons. The van der Waals surface area contributed by atoms with E-state index in [2.05, 4.69) is 15.9 Å². The third-order valence-electron chi connectivity index (χ3n) is 3.72. The van der Waals surface area contributed by atoms with Gasteiger partial charge in [0.25, 0.3) is 0 Å². The average molecular weight is 349 g/mol. The summed E-state index contributed by atoms with van der Waals surface area (Å²) in [4.78, 5) is 0. The summed E-state index contributed by atoms with van der Waals surface area (Å²) in [6.07, 6.45) is -0.597. The number of aliphatic hydroxyl groups is 1. The van der Waals surface area contributed by atoms with E-state index in [9.17, 15) is 5.11 Å². The first-order chi connectivity index (χ1) is 10.2. The maximum atomic E-state index is 10.7. The molecule has 0 fully saturated rings. The lowest BCUT2D eigenvalue weighted by Crippen LogP contribution is -2.12. The summed E-state index contributed by atoms with van der Waals surface area (Å²) in [5.41, 5.74) is 1.92. The van der Waals surface area contributed by atoms with Crippen LogP contribution in [0, 0.1) is 0 Å². The molecule has 0 saturated heterocycles. The maximum Gasteiger partial charge on any atom is 0.133 e. The largest absolute Gasteiger partial charge is 0.493 e. The molecule has 0 aromatic heterocycles. The molecule has 0 aliphatic carbocycles. The predicted molar refractivity (Wildman–Crippen MR) is 84.9 cm³/mol. The number of aliphatic hydroxyl groups excluding tert-OH is 1. The van der Waals surface area contributed by atoms with E-state index in [0.717, 1.165) is 27.1 Å². The van der Waals surface area contributed by atoms with Crippen molar-refractivity contribution in [1.29, 1.82) is 0 Å². The van der Waals surface area contributed by atoms with Crippen LogP contribution in [0.25, 0.3) is 0 Å². The van der Waals surface area contributed by atoms with Gasteiger partial charge in [-0.05, 0) is 46.6 Å². The Hall–Kier alpha value is -1.52. The maximum absolute atomic E-state index is 10.7. The van der Waals surface area contributed by atoms with E-state index in [1.165, 1.54) is 0 Å². The number of rotatable bonds is 4. The zero-order chi connectivity index (χ0) is 14.8. The first-order valence-corrected chi connectivity index (χ1v) is 7.82. The van der Waals surface area contributed by atoms with Crippen LogP contribution in [0.3, 0.4) is 0 Å². The standard InChI is InChI=1S/C17H17BrO3/c1-2-20-16-8-7-11(9-14(16)18)17(19)13-10-21-15-6-4-3-5-12(13)15/h3-9,13,17,19H,2,10H2,1H3. The number of benzene rings is 2. The SMILES string of the molecule is CCOc1ccc(C(O)C2COc3ccccc32)cc1Br. The van der Waals surface area contributed by atoms with Crippen molar-refractivity contribution in [3.05, 3.63) is 58.1 Å². The molecule has 3 rings (SSSR count). The highest BCUT2D eigenvalue weighted by Crippen LogP contribution is 2.42. The second kappa shape index (κ2) is 6.08. The molecule has 1 N–H and O–H groups in total. The van der Waals surface area contributed by atoms with E-state index in [0.29, 0.717) is 13.2 Å². The molecule has 0 amide bonds. The van der Waals surface area contributed by atoms with Gasteiger partial charge in [-0.1, -0.05) is 24.3 Å². The molecule has 1 aliphatic rings. The molecule has 2 atom stereocenters. The Morgan fingerprint density at radius 2 is 2.14 bits per heavy atom. The second-order valence-electron chi connectivity index (χ2n) is 5.02. The Balaban J connectivity index is 1.86. The van der Waals surface area contributed by atoms with Crippen molar-refractivity contribution in [2.24, 2.45) is 0 Å². The van der Waals surface area contributed by atoms with Crippen molar-refractivity contribution in [2.75, 3.05) is 13.2 Å². The fraction of sp³-hybridized carbons (Fsp3) is 0.294. The molecule has 21 heavy (non-hydrogen) atoms. The first-order valence-electron chi connectivity index (χ1n) is 7.02. The van der Waals surface area contributed by atoms with Crippen LogP contribution in [0.5, 0.6) is 11.5 Å². The number of ether oxygens (including phenoxy) is 2. The summed E-state index contributed by atoms with van der Waals surface area (Å²) >= 11 is 3.49. The van der Waals surface area contributed by atoms with Gasteiger partial charge in [0.15, 0.2) is 0 Å². The minimum absolute atomic E-state index is 0.0361. The van der Waals surface area contributed by atoms with Crippen LogP contribution in [-0.4, -0.2) is 18.3 Å². The average Bonchev–Trinajstić information content (AvgIpc) is 2.93. The van der Waals surface area contributed by atoms with Crippen LogP contribution in [0.1, 0.15) is 30.1 Å². The zero-order valence-corrected chi connectivity index (χ0v) is 13.3. The number of hydrogen-bond acceptors (Lipinski definition) is 3. The van der Waals surface area contributed by atoms with Gasteiger partial charge in [0.1, 0.15) is 11.5 Å². The van der Waals surface area contributed by atoms with E-state index in [1.54, 1.807) is 0 Å². The van der Waals surface area contributed by atoms with Crippen LogP contribution in [-0.2, 0) is 0 Å². The summed E-state index contributed by atoms with van der Waals surface area (Å²) in [6, 6.07) is 13.6. The van der Waals surface area contributed by atoms with E-state index in [1.807, 2.05) is 49.4 Å². The molecule has 0 bridgehead atoms. The summed E-state index contributed by atoms with van der Waals surface area (Å²) in [5.74, 6) is 1.62. The summed E-state index contributed by atoms with van der Waals surface area (Å²) < 4.78 is 12.0. The second-order valence-corrected chi connectivity index (χ2v) is 5.88. The molecular formula is C17H17BrO3. The summed E-state index contributed by atoms with van der Waals surface area (Å²) in [6.45, 7) is 3.07. The number of hydrogen-bond donors (Lipinski definition) is 1. The van der Waals surface area contributed by atoms with Crippen LogP contribution in [0.15, 0.2) is 46.9 Å². The smallest absolute Gasteiger partial charge is 0.133 e. The third kappa shape index (κ3) is 2.78. The molecule has 2 unspecified atom stereocenters. The highest BCUT2D eigenvalue weighted by Gasteiger charge is 2.31. The van der Waals surface area contributed by atoms with Crippen molar-refractivity contribution < 1.29 is 14.6 Å². The monoisotopic (exact) mass is 348 g/mol. The van der Waals surface area contributed by atoms with Crippen molar-refractivity contribution in [3.63, 3.8) is 0 Å². The molecule has 3 nitrogen and oxygen atoms in total. The molecular weight excluding hydrogens is 332 g/mol. The van der Waals surface area contributed by atoms with Crippen LogP contribution in [0.4, 0.5) is 0 Å². The summed E-state index contributed by atoms with van der Waals surface area (Å²) in [5, 5.41) is 10.7. The lowest BCUT2D eigenvalue weighted by Gasteiger charge is -2.18. The Morgan fingerprint density at radius 1 is 1.33 bits per heavy atom. The van der Waals surface area contributed by atoms with Gasteiger partial charge in [-0.25, -0.2) is 0 Å². The number of para-hydroxylation sites is 1. The zero-order valence-electron chi connectivity index (χ0n) is 11.8. The molecule has 0 spiro atoms. The highest BCUT2D eigenvalue weighted by molar-refractivity contribution is 9.10. The molecule has 2 aromatic carbocycles. The predicted octanol–water partition coefficient (Wildman–Crippen LogP) is 4.06. The molecule has 4 heteroatoms. The molecule has 1 aliphatic heterocycles. The highest BCUT2D eigenvalue weighted by atomic mass is 79.9. The number of fused-ring (bicyclic) bond motifs is 1. The van der Waals surface area contributed by atoms with Gasteiger partial charge in [-0.15, -0.1) is 0 Å². The molecule has 1 heterocycles. The van der Waals surface area contributed by atoms with Crippen molar-refractivity contribution >= 4 is 15.9 Å². The normalized spacial score (nSPS) is 18.0. The van der Waals surface area contributed by atoms with Gasteiger partial charge in [0, 0.05) is 5.56 Å². The van der Waals surface area contributed by atoms with Gasteiger partial charge in [0.05, 0.1) is 29.7 Å². The van der Waals surface area contributed by atoms with Gasteiger partial charge >= 0.3 is 0 Å². The summed E-state index contributed by atoms with van der Waals surface area (Å²) in [7, 11) is 0. The minimum atomic E-state index is -0.597. The van der Waals surface area contributed by atoms with Gasteiger partial charge in [0.2, 0.25) is 0 Å². The third-order valence-corrected chi connectivity index (χ3v) is 4.34. The van der Waals surface area contributed by atoms with E-state index < -0.39 is 6.10 Å². The quantitative estimate of drug-likeness (QED) is 0.905. The van der Waals surface area contributed by atoms with Gasteiger partial charge < -0.3 is 14.6 Å². The molecule has 2 aromatic rings. The van der Waals surface area contributed by atoms with Gasteiger partial charge in [-0.2, -0.15) is 0 Å². The fourth-order valence-electron chi connectivity index (χ4n) is 2.65. The van der Waals surface area contributed by atoms with Gasteiger partial charge in [-0.3, -0.25) is 0 Å². The van der Waals surface area contributed by atoms with Crippen LogP contribution in [0.2, 0.25) is 0 Å². The van der Waals surface area contributed by atoms with E-state index >= 15 is 0 Å². The van der Waals surface area contributed by atoms with Crippen molar-refractivity contribution in [2.45, 2.75) is 18.9 Å². The molecule has 110 valence electrons. The topological polar surface area (TPSA) is 38.7 Å². The Morgan fingerprint density at radius 3 is 2.90 bits per heavy atom. The Bertz CT molecular complexity index is 642. The Kier molecular flexibility index (Phi) is 4.17. The van der Waals surface area contributed by atoms with Crippen molar-refractivity contribution in [1.82, 2.24) is 0 Å². The number of halogens is 1. The molecule has 0 saturated carbocycles. The van der Waals surface area contributed by atoms with E-state index in [4.69, 9.17) is 9.47 Å². The van der Waals surface area contributed by atoms with Crippen molar-refractivity contribution in [3.8, 4) is 11.5 Å². The fourth-order valence-corrected chi connectivity index (χ4v) is 3.17. The first kappa shape index (κ1) is 14.4. The van der Waals surface area contributed by atoms with Crippen LogP contribution >= 0.6 is 15.9 Å². The lowest BCUT2D eigenvalue weighted by molar-refractivity contribution is 0.130. The van der Waals surface area contributed by atoms with Crippen LogP contribution < -0.4 is 9.47 Å². The Labute approximate surface area is 132 Å².